The first-order chi connectivity index (χ1) is 16.6. The van der Waals surface area contributed by atoms with Gasteiger partial charge in [-0.25, -0.2) is 4.79 Å². The lowest BCUT2D eigenvalue weighted by Crippen LogP contribution is -2.44. The van der Waals surface area contributed by atoms with Gasteiger partial charge < -0.3 is 30.5 Å². The minimum atomic E-state index is -5.08. The van der Waals surface area contributed by atoms with Gasteiger partial charge in [0.25, 0.3) is 0 Å². The molecule has 1 aromatic carbocycles. The number of nitrogens with two attached hydrogens (primary N) is 1. The number of halogens is 3. The highest BCUT2D eigenvalue weighted by Crippen LogP contribution is 2.35. The van der Waals surface area contributed by atoms with Crippen LogP contribution in [0.1, 0.15) is 25.3 Å². The van der Waals surface area contributed by atoms with Crippen molar-refractivity contribution in [3.8, 4) is 0 Å². The number of rotatable bonds is 4. The molecule has 12 heteroatoms. The third-order valence-corrected chi connectivity index (χ3v) is 6.30. The number of carbonyl (C=O) groups is 1. The van der Waals surface area contributed by atoms with Crippen LogP contribution in [0, 0.1) is 0 Å². The molecule has 0 bridgehead atoms. The zero-order valence-electron chi connectivity index (χ0n) is 19.3. The average molecular weight is 492 g/mol. The maximum Gasteiger partial charge on any atom is 0.490 e. The topological polar surface area (TPSA) is 113 Å². The maximum absolute atomic E-state index is 10.6. The van der Waals surface area contributed by atoms with Crippen molar-refractivity contribution in [3.63, 3.8) is 0 Å². The van der Waals surface area contributed by atoms with Gasteiger partial charge in [0.05, 0.1) is 5.39 Å². The first-order valence-electron chi connectivity index (χ1n) is 11.4. The predicted molar refractivity (Wildman–Crippen MR) is 128 cm³/mol. The van der Waals surface area contributed by atoms with Gasteiger partial charge in [-0.15, -0.1) is 0 Å². The minimum absolute atomic E-state index is 0.527. The summed E-state index contributed by atoms with van der Waals surface area (Å²) in [6, 6.07) is 11.1. The fourth-order valence-electron chi connectivity index (χ4n) is 4.02. The molecule has 0 atom stereocenters. The van der Waals surface area contributed by atoms with E-state index in [-0.39, 0.29) is 0 Å². The van der Waals surface area contributed by atoms with Gasteiger partial charge >= 0.3 is 12.1 Å². The van der Waals surface area contributed by atoms with Crippen LogP contribution in [-0.4, -0.2) is 69.9 Å². The van der Waals surface area contributed by atoms with Crippen LogP contribution in [0.3, 0.4) is 0 Å². The number of aromatic nitrogens is 3. The van der Waals surface area contributed by atoms with Crippen LogP contribution in [0.5, 0.6) is 0 Å². The normalized spacial score (nSPS) is 17.0. The highest BCUT2D eigenvalue weighted by Gasteiger charge is 2.38. The largest absolute Gasteiger partial charge is 0.490 e. The lowest BCUT2D eigenvalue weighted by molar-refractivity contribution is -0.192. The molecule has 2 aliphatic rings. The molecular weight excluding hydrogens is 463 g/mol. The fraction of sp³-hybridized carbons (Fsp3) is 0.435. The van der Waals surface area contributed by atoms with E-state index in [4.69, 9.17) is 20.6 Å². The number of nitrogens with zero attached hydrogens (tertiary/aromatic N) is 5. The number of nitrogen functional groups attached to an aromatic ring is 1. The Kier molecular flexibility index (Phi) is 7.01. The summed E-state index contributed by atoms with van der Waals surface area (Å²) in [5.41, 5.74) is 9.35. The molecule has 0 radical (unpaired) electrons. The van der Waals surface area contributed by atoms with E-state index < -0.39 is 12.1 Å². The number of likely N-dealkylation sites (N-methyl/N-ethyl adjacent to an activating group) is 1. The van der Waals surface area contributed by atoms with Gasteiger partial charge in [-0.2, -0.15) is 23.1 Å². The van der Waals surface area contributed by atoms with Gasteiger partial charge in [-0.1, -0.05) is 0 Å². The van der Waals surface area contributed by atoms with Gasteiger partial charge in [-0.05, 0) is 56.6 Å². The Morgan fingerprint density at radius 2 is 1.71 bits per heavy atom. The van der Waals surface area contributed by atoms with E-state index >= 15 is 0 Å². The molecule has 1 saturated heterocycles. The summed E-state index contributed by atoms with van der Waals surface area (Å²) in [5, 5.41) is 11.4. The van der Waals surface area contributed by atoms with Crippen LogP contribution in [0.25, 0.3) is 11.0 Å². The van der Waals surface area contributed by atoms with E-state index in [0.29, 0.717) is 17.8 Å². The number of hydrogen-bond donors (Lipinski definition) is 3. The Hall–Kier alpha value is -3.54. The molecule has 1 saturated carbocycles. The smallest absolute Gasteiger partial charge is 0.475 e. The second-order valence-electron chi connectivity index (χ2n) is 8.74. The van der Waals surface area contributed by atoms with Crippen molar-refractivity contribution in [2.24, 2.45) is 0 Å². The van der Waals surface area contributed by atoms with Crippen molar-refractivity contribution in [2.75, 3.05) is 49.2 Å². The molecule has 4 N–H and O–H groups in total. The van der Waals surface area contributed by atoms with E-state index in [1.54, 1.807) is 0 Å². The van der Waals surface area contributed by atoms with Crippen LogP contribution >= 0.6 is 0 Å². The number of alkyl halides is 3. The van der Waals surface area contributed by atoms with Crippen molar-refractivity contribution in [3.05, 3.63) is 36.5 Å². The Morgan fingerprint density at radius 1 is 1.09 bits per heavy atom. The van der Waals surface area contributed by atoms with Crippen molar-refractivity contribution < 1.29 is 23.1 Å². The first-order valence-corrected chi connectivity index (χ1v) is 11.4. The Balaban J connectivity index is 0.000000364. The third kappa shape index (κ3) is 5.76. The highest BCUT2D eigenvalue weighted by atomic mass is 19.4. The molecule has 5 rings (SSSR count). The van der Waals surface area contributed by atoms with Crippen molar-refractivity contribution in [1.82, 2.24) is 19.4 Å². The van der Waals surface area contributed by atoms with Crippen LogP contribution in [0.15, 0.2) is 36.5 Å². The number of carboxylic acids is 1. The number of nitrogens with one attached hydrogen (secondary N) is 1. The summed E-state index contributed by atoms with van der Waals surface area (Å²) in [5.74, 6) is -1.68. The van der Waals surface area contributed by atoms with Gasteiger partial charge in [0.15, 0.2) is 0 Å². The van der Waals surface area contributed by atoms with Gasteiger partial charge in [0.1, 0.15) is 11.5 Å². The molecule has 3 heterocycles. The van der Waals surface area contributed by atoms with Crippen LogP contribution in [-0.2, 0) is 4.79 Å². The lowest BCUT2D eigenvalue weighted by atomic mass is 9.93. The monoisotopic (exact) mass is 491 g/mol. The molecule has 2 fully saturated rings. The number of benzene rings is 1. The summed E-state index contributed by atoms with van der Waals surface area (Å²) in [6.45, 7) is 4.34. The average Bonchev–Trinajstić information content (AvgIpc) is 3.17. The third-order valence-electron chi connectivity index (χ3n) is 6.30. The first kappa shape index (κ1) is 24.6. The fourth-order valence-corrected chi connectivity index (χ4v) is 4.02. The molecule has 2 aromatic heterocycles. The molecular formula is C23H28F3N7O2. The predicted octanol–water partition coefficient (Wildman–Crippen LogP) is 3.87. The second kappa shape index (κ2) is 9.98. The standard InChI is InChI=1S/C21H27N7.C2HF3O2/c1-26-11-13-27(14-12-26)16-7-5-15(6-8-16)23-21-24-19(22)18-9-10-28(20(18)25-21)17-3-2-4-17;3-2(4,5)1(6)7/h5-10,17H,2-4,11-14H2,1H3,(H3,22,23,24,25);(H,6,7). The summed E-state index contributed by atoms with van der Waals surface area (Å²) in [7, 11) is 2.17. The Morgan fingerprint density at radius 3 is 2.26 bits per heavy atom. The number of aliphatic carboxylic acids is 1. The van der Waals surface area contributed by atoms with Crippen LogP contribution < -0.4 is 16.0 Å². The van der Waals surface area contributed by atoms with E-state index in [0.717, 1.165) is 42.9 Å². The van der Waals surface area contributed by atoms with Crippen molar-refractivity contribution in [2.45, 2.75) is 31.5 Å². The summed E-state index contributed by atoms with van der Waals surface area (Å²) in [4.78, 5) is 22.9. The molecule has 0 spiro atoms. The number of piperazine rings is 1. The summed E-state index contributed by atoms with van der Waals surface area (Å²) >= 11 is 0. The second-order valence-corrected chi connectivity index (χ2v) is 8.74. The summed E-state index contributed by atoms with van der Waals surface area (Å²) < 4.78 is 34.0. The van der Waals surface area contributed by atoms with Gasteiger partial charge in [-0.3, -0.25) is 0 Å². The quantitative estimate of drug-likeness (QED) is 0.504. The number of hydrogen-bond acceptors (Lipinski definition) is 7. The molecule has 1 aliphatic heterocycles. The van der Waals surface area contributed by atoms with E-state index in [1.165, 1.54) is 24.9 Å². The van der Waals surface area contributed by atoms with Crippen LogP contribution in [0.2, 0.25) is 0 Å². The SMILES string of the molecule is CN1CCN(c2ccc(Nc3nc(N)c4ccn(C5CCC5)c4n3)cc2)CC1.O=C(O)C(F)(F)F. The number of fused-ring (bicyclic) bond motifs is 1. The zero-order valence-corrected chi connectivity index (χ0v) is 19.3. The minimum Gasteiger partial charge on any atom is -0.475 e. The van der Waals surface area contributed by atoms with E-state index in [9.17, 15) is 13.2 Å². The molecule has 1 aliphatic carbocycles. The Bertz CT molecular complexity index is 1170. The van der Waals surface area contributed by atoms with E-state index in [2.05, 4.69) is 62.2 Å². The van der Waals surface area contributed by atoms with Crippen molar-refractivity contribution >= 4 is 40.1 Å². The van der Waals surface area contributed by atoms with Gasteiger partial charge in [0.2, 0.25) is 5.95 Å². The molecule has 3 aromatic rings. The maximum atomic E-state index is 10.6. The highest BCUT2D eigenvalue weighted by molar-refractivity contribution is 5.88. The molecule has 0 amide bonds. The number of anilines is 4. The molecule has 188 valence electrons. The van der Waals surface area contributed by atoms with Gasteiger partial charge in [0, 0.05) is 49.8 Å². The van der Waals surface area contributed by atoms with E-state index in [1.807, 2.05) is 6.07 Å². The van der Waals surface area contributed by atoms with Crippen molar-refractivity contribution in [1.29, 1.82) is 0 Å². The molecule has 0 unspecified atom stereocenters. The molecule has 9 nitrogen and oxygen atoms in total. The van der Waals surface area contributed by atoms with Crippen LogP contribution in [0.4, 0.5) is 36.3 Å². The Labute approximate surface area is 200 Å². The number of carboxylic acid groups (broad SMARTS) is 1. The summed E-state index contributed by atoms with van der Waals surface area (Å²) in [6.07, 6.45) is 0.720. The zero-order chi connectivity index (χ0) is 25.2. The molecule has 35 heavy (non-hydrogen) atoms. The lowest BCUT2D eigenvalue weighted by Gasteiger charge is -2.34.